The van der Waals surface area contributed by atoms with Crippen molar-refractivity contribution < 1.29 is 4.79 Å². The molecule has 0 aliphatic carbocycles. The summed E-state index contributed by atoms with van der Waals surface area (Å²) in [6.07, 6.45) is 6.48. The molecule has 2 saturated heterocycles. The molecule has 0 spiro atoms. The zero-order valence-corrected chi connectivity index (χ0v) is 15.1. The average molecular weight is 354 g/mol. The normalized spacial score (nSPS) is 19.6. The first-order valence-corrected chi connectivity index (χ1v) is 8.83. The van der Waals surface area contributed by atoms with E-state index in [9.17, 15) is 4.79 Å². The second-order valence-electron chi connectivity index (χ2n) is 6.52. The number of anilines is 1. The number of aromatic nitrogens is 2. The molecule has 1 amide bonds. The fourth-order valence-corrected chi connectivity index (χ4v) is 3.41. The number of piperidine rings is 2. The molecule has 0 saturated carbocycles. The van der Waals surface area contributed by atoms with E-state index in [1.165, 1.54) is 0 Å². The molecule has 0 aromatic carbocycles. The summed E-state index contributed by atoms with van der Waals surface area (Å²) in [5.41, 5.74) is 1.08. The molecule has 0 radical (unpaired) electrons. The van der Waals surface area contributed by atoms with E-state index in [-0.39, 0.29) is 24.2 Å². The molecule has 0 atom stereocenters. The van der Waals surface area contributed by atoms with Gasteiger partial charge in [0.05, 0.1) is 0 Å². The lowest BCUT2D eigenvalue weighted by atomic mass is 9.96. The van der Waals surface area contributed by atoms with Crippen molar-refractivity contribution in [3.05, 3.63) is 18.1 Å². The summed E-state index contributed by atoms with van der Waals surface area (Å²) in [5.74, 6) is 1.46. The quantitative estimate of drug-likeness (QED) is 0.859. The van der Waals surface area contributed by atoms with Crippen molar-refractivity contribution in [1.82, 2.24) is 20.6 Å². The lowest BCUT2D eigenvalue weighted by Crippen LogP contribution is -2.48. The zero-order valence-electron chi connectivity index (χ0n) is 14.3. The van der Waals surface area contributed by atoms with Gasteiger partial charge in [0.2, 0.25) is 5.91 Å². The maximum absolute atomic E-state index is 12.3. The number of hydrogen-bond acceptors (Lipinski definition) is 5. The van der Waals surface area contributed by atoms with Crippen molar-refractivity contribution in [1.29, 1.82) is 0 Å². The van der Waals surface area contributed by atoms with Crippen molar-refractivity contribution in [2.75, 3.05) is 31.1 Å². The van der Waals surface area contributed by atoms with Crippen molar-refractivity contribution in [3.8, 4) is 0 Å². The van der Waals surface area contributed by atoms with Gasteiger partial charge in [-0.15, -0.1) is 12.4 Å². The minimum atomic E-state index is 0. The molecule has 24 heavy (non-hydrogen) atoms. The molecule has 3 rings (SSSR count). The van der Waals surface area contributed by atoms with Gasteiger partial charge in [-0.3, -0.25) is 4.79 Å². The van der Waals surface area contributed by atoms with Crippen LogP contribution in [0.5, 0.6) is 0 Å². The molecule has 6 nitrogen and oxygen atoms in total. The van der Waals surface area contributed by atoms with E-state index >= 15 is 0 Å². The third-order valence-electron chi connectivity index (χ3n) is 4.95. The molecule has 2 aliphatic rings. The lowest BCUT2D eigenvalue weighted by molar-refractivity contribution is -0.126. The maximum atomic E-state index is 12.3. The fourth-order valence-electron chi connectivity index (χ4n) is 3.41. The van der Waals surface area contributed by atoms with E-state index in [2.05, 4.69) is 38.5 Å². The molecule has 3 heterocycles. The number of aryl methyl sites for hydroxylation is 1. The maximum Gasteiger partial charge on any atom is 0.223 e. The Kier molecular flexibility index (Phi) is 7.24. The average Bonchev–Trinajstić information content (AvgIpc) is 2.63. The zero-order chi connectivity index (χ0) is 16.1. The number of nitrogens with one attached hydrogen (secondary N) is 2. The largest absolute Gasteiger partial charge is 0.356 e. The second-order valence-corrected chi connectivity index (χ2v) is 6.52. The third kappa shape index (κ3) is 4.80. The van der Waals surface area contributed by atoms with Crippen LogP contribution in [0, 0.1) is 5.92 Å². The van der Waals surface area contributed by atoms with Gasteiger partial charge in [0.1, 0.15) is 12.1 Å². The Balaban J connectivity index is 0.00000208. The van der Waals surface area contributed by atoms with Gasteiger partial charge in [-0.05, 0) is 45.2 Å². The number of nitrogens with zero attached hydrogens (tertiary/aromatic N) is 3. The van der Waals surface area contributed by atoms with Crippen molar-refractivity contribution in [3.63, 3.8) is 0 Å². The smallest absolute Gasteiger partial charge is 0.223 e. The second kappa shape index (κ2) is 9.18. The van der Waals surface area contributed by atoms with E-state index < -0.39 is 0 Å². The summed E-state index contributed by atoms with van der Waals surface area (Å²) in [6, 6.07) is 2.38. The van der Waals surface area contributed by atoms with Crippen LogP contribution in [0.4, 0.5) is 5.82 Å². The van der Waals surface area contributed by atoms with Crippen LogP contribution in [-0.2, 0) is 11.2 Å². The lowest BCUT2D eigenvalue weighted by Gasteiger charge is -2.34. The standard InChI is InChI=1S/C17H27N5O.ClH/c1-2-14-11-16(20-12-19-14)22-9-5-15(6-10-22)21-17(23)13-3-7-18-8-4-13;/h11-13,15,18H,2-10H2,1H3,(H,21,23);1H. The van der Waals surface area contributed by atoms with Gasteiger partial charge in [-0.1, -0.05) is 6.92 Å². The Labute approximate surface area is 150 Å². The van der Waals surface area contributed by atoms with Gasteiger partial charge in [0.25, 0.3) is 0 Å². The van der Waals surface area contributed by atoms with E-state index in [0.29, 0.717) is 6.04 Å². The van der Waals surface area contributed by atoms with E-state index in [0.717, 1.165) is 69.8 Å². The molecule has 2 N–H and O–H groups in total. The predicted octanol–water partition coefficient (Wildman–Crippen LogP) is 1.55. The molecule has 2 aliphatic heterocycles. The Morgan fingerprint density at radius 1 is 1.25 bits per heavy atom. The van der Waals surface area contributed by atoms with Gasteiger partial charge in [0.15, 0.2) is 0 Å². The van der Waals surface area contributed by atoms with Crippen LogP contribution in [0.1, 0.15) is 38.3 Å². The highest BCUT2D eigenvalue weighted by Crippen LogP contribution is 2.19. The van der Waals surface area contributed by atoms with Crippen molar-refractivity contribution in [2.24, 2.45) is 5.92 Å². The predicted molar refractivity (Wildman–Crippen MR) is 97.6 cm³/mol. The van der Waals surface area contributed by atoms with Crippen LogP contribution in [0.2, 0.25) is 0 Å². The van der Waals surface area contributed by atoms with Gasteiger partial charge >= 0.3 is 0 Å². The number of carbonyl (C=O) groups is 1. The number of halogens is 1. The minimum absolute atomic E-state index is 0. The molecular weight excluding hydrogens is 326 g/mol. The van der Waals surface area contributed by atoms with Crippen LogP contribution in [-0.4, -0.2) is 48.1 Å². The summed E-state index contributed by atoms with van der Waals surface area (Å²) in [4.78, 5) is 23.3. The molecule has 0 bridgehead atoms. The number of amides is 1. The summed E-state index contributed by atoms with van der Waals surface area (Å²) >= 11 is 0. The Morgan fingerprint density at radius 2 is 1.96 bits per heavy atom. The van der Waals surface area contributed by atoms with Crippen LogP contribution < -0.4 is 15.5 Å². The van der Waals surface area contributed by atoms with Gasteiger partial charge < -0.3 is 15.5 Å². The fraction of sp³-hybridized carbons (Fsp3) is 0.706. The van der Waals surface area contributed by atoms with Crippen molar-refractivity contribution in [2.45, 2.75) is 45.1 Å². The number of hydrogen-bond donors (Lipinski definition) is 2. The Bertz CT molecular complexity index is 527. The monoisotopic (exact) mass is 353 g/mol. The van der Waals surface area contributed by atoms with E-state index in [4.69, 9.17) is 0 Å². The van der Waals surface area contributed by atoms with Crippen LogP contribution in [0.25, 0.3) is 0 Å². The summed E-state index contributed by atoms with van der Waals surface area (Å²) in [6.45, 7) is 5.91. The van der Waals surface area contributed by atoms with Crippen LogP contribution >= 0.6 is 12.4 Å². The summed E-state index contributed by atoms with van der Waals surface area (Å²) < 4.78 is 0. The SMILES string of the molecule is CCc1cc(N2CCC(NC(=O)C3CCNCC3)CC2)ncn1.Cl. The Hall–Kier alpha value is -1.40. The first-order chi connectivity index (χ1) is 11.3. The number of carbonyl (C=O) groups excluding carboxylic acids is 1. The summed E-state index contributed by atoms with van der Waals surface area (Å²) in [7, 11) is 0. The molecule has 2 fully saturated rings. The highest BCUT2D eigenvalue weighted by molar-refractivity contribution is 5.85. The van der Waals surface area contributed by atoms with E-state index in [1.807, 2.05) is 0 Å². The molecule has 1 aromatic rings. The minimum Gasteiger partial charge on any atom is -0.356 e. The third-order valence-corrected chi connectivity index (χ3v) is 4.95. The molecule has 7 heteroatoms. The molecule has 1 aromatic heterocycles. The van der Waals surface area contributed by atoms with E-state index in [1.54, 1.807) is 6.33 Å². The first kappa shape index (κ1) is 18.9. The highest BCUT2D eigenvalue weighted by Gasteiger charge is 2.26. The topological polar surface area (TPSA) is 70.2 Å². The molecule has 0 unspecified atom stereocenters. The summed E-state index contributed by atoms with van der Waals surface area (Å²) in [5, 5.41) is 6.56. The van der Waals surface area contributed by atoms with Gasteiger partial charge in [0, 0.05) is 36.8 Å². The van der Waals surface area contributed by atoms with Gasteiger partial charge in [-0.2, -0.15) is 0 Å². The van der Waals surface area contributed by atoms with Crippen molar-refractivity contribution >= 4 is 24.1 Å². The highest BCUT2D eigenvalue weighted by atomic mass is 35.5. The van der Waals surface area contributed by atoms with Crippen LogP contribution in [0.15, 0.2) is 12.4 Å². The molecular formula is C17H28ClN5O. The number of rotatable bonds is 4. The van der Waals surface area contributed by atoms with Gasteiger partial charge in [-0.25, -0.2) is 9.97 Å². The Morgan fingerprint density at radius 3 is 2.62 bits per heavy atom. The first-order valence-electron chi connectivity index (χ1n) is 8.83. The molecule has 134 valence electrons. The van der Waals surface area contributed by atoms with Crippen LogP contribution in [0.3, 0.4) is 0 Å².